The molecule has 2 heterocycles. The van der Waals surface area contributed by atoms with Crippen LogP contribution in [-0.2, 0) is 4.79 Å². The number of aromatic nitrogens is 1. The number of hydrogen-bond acceptors (Lipinski definition) is 5. The molecule has 1 aromatic carbocycles. The van der Waals surface area contributed by atoms with Gasteiger partial charge in [-0.1, -0.05) is 6.07 Å². The van der Waals surface area contributed by atoms with E-state index in [4.69, 9.17) is 15.2 Å². The number of amides is 1. The molecule has 1 aliphatic heterocycles. The summed E-state index contributed by atoms with van der Waals surface area (Å²) in [4.78, 5) is 16.4. The number of anilines is 1. The number of hydrogen-bond donors (Lipinski definition) is 2. The molecule has 142 valence electrons. The quantitative estimate of drug-likeness (QED) is 0.803. The number of fused-ring (bicyclic) bond motifs is 1. The van der Waals surface area contributed by atoms with Gasteiger partial charge < -0.3 is 20.5 Å². The standard InChI is InChI=1S/C18H21N3O3.2ClH/c1-12(19)5-8-18(22)21-17-4-2-3-14(20-17)13-6-7-15-16(11-13)24-10-9-23-15;;/h2-4,6-7,11-12H,5,8-10,19H2,1H3,(H,20,21,22);2*1H. The molecule has 0 aliphatic carbocycles. The van der Waals surface area contributed by atoms with Crippen molar-refractivity contribution in [1.29, 1.82) is 0 Å². The Morgan fingerprint density at radius 1 is 1.19 bits per heavy atom. The van der Waals surface area contributed by atoms with E-state index in [1.807, 2.05) is 37.3 Å². The fourth-order valence-corrected chi connectivity index (χ4v) is 2.43. The summed E-state index contributed by atoms with van der Waals surface area (Å²) in [6.45, 7) is 2.99. The summed E-state index contributed by atoms with van der Waals surface area (Å²) < 4.78 is 11.1. The largest absolute Gasteiger partial charge is 0.486 e. The minimum absolute atomic E-state index is 0. The van der Waals surface area contributed by atoms with Gasteiger partial charge in [0.15, 0.2) is 11.5 Å². The summed E-state index contributed by atoms with van der Waals surface area (Å²) in [6.07, 6.45) is 1.03. The van der Waals surface area contributed by atoms with Crippen molar-refractivity contribution in [2.24, 2.45) is 5.73 Å². The summed E-state index contributed by atoms with van der Waals surface area (Å²) in [6, 6.07) is 11.2. The van der Waals surface area contributed by atoms with Crippen molar-refractivity contribution in [2.75, 3.05) is 18.5 Å². The number of nitrogens with one attached hydrogen (secondary N) is 1. The van der Waals surface area contributed by atoms with Gasteiger partial charge in [-0.05, 0) is 43.7 Å². The van der Waals surface area contributed by atoms with E-state index in [2.05, 4.69) is 10.3 Å². The number of carbonyl (C=O) groups excluding carboxylic acids is 1. The van der Waals surface area contributed by atoms with Gasteiger partial charge in [0, 0.05) is 18.0 Å². The number of rotatable bonds is 5. The smallest absolute Gasteiger partial charge is 0.225 e. The highest BCUT2D eigenvalue weighted by molar-refractivity contribution is 5.90. The third kappa shape index (κ3) is 5.76. The maximum Gasteiger partial charge on any atom is 0.225 e. The van der Waals surface area contributed by atoms with Gasteiger partial charge in [0.25, 0.3) is 0 Å². The first-order valence-electron chi connectivity index (χ1n) is 8.04. The molecule has 0 saturated carbocycles. The number of benzene rings is 1. The fourth-order valence-electron chi connectivity index (χ4n) is 2.43. The van der Waals surface area contributed by atoms with E-state index in [0.29, 0.717) is 37.6 Å². The van der Waals surface area contributed by atoms with Crippen LogP contribution in [0.25, 0.3) is 11.3 Å². The Bertz CT molecular complexity index is 741. The zero-order valence-corrected chi connectivity index (χ0v) is 16.1. The normalized spacial score (nSPS) is 13.0. The molecule has 1 unspecified atom stereocenters. The zero-order valence-electron chi connectivity index (χ0n) is 14.4. The molecule has 1 amide bonds. The molecule has 6 nitrogen and oxygen atoms in total. The van der Waals surface area contributed by atoms with E-state index in [-0.39, 0.29) is 36.8 Å². The van der Waals surface area contributed by atoms with Crippen LogP contribution in [0.3, 0.4) is 0 Å². The van der Waals surface area contributed by atoms with Crippen LogP contribution in [0.1, 0.15) is 19.8 Å². The highest BCUT2D eigenvalue weighted by atomic mass is 35.5. The van der Waals surface area contributed by atoms with Crippen LogP contribution >= 0.6 is 24.8 Å². The molecule has 1 aliphatic rings. The average Bonchev–Trinajstić information content (AvgIpc) is 2.60. The number of nitrogens with two attached hydrogens (primary N) is 1. The molecule has 0 spiro atoms. The maximum absolute atomic E-state index is 11.9. The van der Waals surface area contributed by atoms with Crippen LogP contribution in [0.5, 0.6) is 11.5 Å². The summed E-state index contributed by atoms with van der Waals surface area (Å²) in [7, 11) is 0. The van der Waals surface area contributed by atoms with Gasteiger partial charge in [0.2, 0.25) is 5.91 Å². The summed E-state index contributed by atoms with van der Waals surface area (Å²) >= 11 is 0. The van der Waals surface area contributed by atoms with Crippen molar-refractivity contribution < 1.29 is 14.3 Å². The Kier molecular flexibility index (Phi) is 8.65. The Morgan fingerprint density at radius 3 is 2.65 bits per heavy atom. The van der Waals surface area contributed by atoms with Crippen molar-refractivity contribution in [3.05, 3.63) is 36.4 Å². The number of carbonyl (C=O) groups is 1. The molecular formula is C18H23Cl2N3O3. The molecule has 0 bridgehead atoms. The minimum Gasteiger partial charge on any atom is -0.486 e. The molecular weight excluding hydrogens is 377 g/mol. The molecule has 0 radical (unpaired) electrons. The molecule has 2 aromatic rings. The fraction of sp³-hybridized carbons (Fsp3) is 0.333. The third-order valence-electron chi connectivity index (χ3n) is 3.68. The van der Waals surface area contributed by atoms with Crippen molar-refractivity contribution in [3.8, 4) is 22.8 Å². The van der Waals surface area contributed by atoms with Gasteiger partial charge in [-0.25, -0.2) is 4.98 Å². The van der Waals surface area contributed by atoms with Crippen LogP contribution in [-0.4, -0.2) is 30.1 Å². The van der Waals surface area contributed by atoms with Gasteiger partial charge >= 0.3 is 0 Å². The average molecular weight is 400 g/mol. The van der Waals surface area contributed by atoms with Crippen molar-refractivity contribution in [2.45, 2.75) is 25.8 Å². The lowest BCUT2D eigenvalue weighted by Gasteiger charge is -2.18. The Balaban J connectivity index is 0.00000169. The van der Waals surface area contributed by atoms with Gasteiger partial charge in [0.05, 0.1) is 5.69 Å². The second kappa shape index (κ2) is 10.2. The van der Waals surface area contributed by atoms with E-state index >= 15 is 0 Å². The molecule has 0 fully saturated rings. The van der Waals surface area contributed by atoms with E-state index in [9.17, 15) is 4.79 Å². The summed E-state index contributed by atoms with van der Waals surface area (Å²) in [5.74, 6) is 1.90. The maximum atomic E-state index is 11.9. The lowest BCUT2D eigenvalue weighted by molar-refractivity contribution is -0.116. The van der Waals surface area contributed by atoms with Crippen LogP contribution in [0.15, 0.2) is 36.4 Å². The van der Waals surface area contributed by atoms with Gasteiger partial charge in [-0.15, -0.1) is 24.8 Å². The lowest BCUT2D eigenvalue weighted by atomic mass is 10.1. The number of ether oxygens (including phenoxy) is 2. The van der Waals surface area contributed by atoms with E-state index in [0.717, 1.165) is 17.0 Å². The molecule has 1 atom stereocenters. The molecule has 3 rings (SSSR count). The van der Waals surface area contributed by atoms with E-state index in [1.165, 1.54) is 0 Å². The topological polar surface area (TPSA) is 86.5 Å². The Morgan fingerprint density at radius 2 is 1.92 bits per heavy atom. The first kappa shape index (κ1) is 22.0. The van der Waals surface area contributed by atoms with Crippen molar-refractivity contribution in [3.63, 3.8) is 0 Å². The Labute approximate surface area is 165 Å². The molecule has 26 heavy (non-hydrogen) atoms. The van der Waals surface area contributed by atoms with Crippen LogP contribution in [0.4, 0.5) is 5.82 Å². The molecule has 3 N–H and O–H groups in total. The highest BCUT2D eigenvalue weighted by Gasteiger charge is 2.13. The second-order valence-corrected chi connectivity index (χ2v) is 5.83. The number of halogens is 2. The first-order valence-corrected chi connectivity index (χ1v) is 8.04. The highest BCUT2D eigenvalue weighted by Crippen LogP contribution is 2.34. The second-order valence-electron chi connectivity index (χ2n) is 5.83. The first-order chi connectivity index (χ1) is 11.6. The molecule has 1 aromatic heterocycles. The summed E-state index contributed by atoms with van der Waals surface area (Å²) in [5.41, 5.74) is 7.34. The van der Waals surface area contributed by atoms with Crippen LogP contribution in [0.2, 0.25) is 0 Å². The van der Waals surface area contributed by atoms with Crippen LogP contribution < -0.4 is 20.5 Å². The molecule has 8 heteroatoms. The SMILES string of the molecule is CC(N)CCC(=O)Nc1cccc(-c2ccc3c(c2)OCCO3)n1.Cl.Cl. The van der Waals surface area contributed by atoms with Gasteiger partial charge in [-0.2, -0.15) is 0 Å². The van der Waals surface area contributed by atoms with Gasteiger partial charge in [0.1, 0.15) is 19.0 Å². The zero-order chi connectivity index (χ0) is 16.9. The summed E-state index contributed by atoms with van der Waals surface area (Å²) in [5, 5.41) is 2.81. The number of pyridine rings is 1. The van der Waals surface area contributed by atoms with E-state index in [1.54, 1.807) is 6.07 Å². The number of nitrogens with zero attached hydrogens (tertiary/aromatic N) is 1. The van der Waals surface area contributed by atoms with Crippen molar-refractivity contribution in [1.82, 2.24) is 4.98 Å². The predicted octanol–water partition coefficient (Wildman–Crippen LogP) is 3.43. The minimum atomic E-state index is -0.0841. The van der Waals surface area contributed by atoms with Crippen molar-refractivity contribution >= 4 is 36.5 Å². The Hall–Kier alpha value is -2.02. The van der Waals surface area contributed by atoms with Crippen LogP contribution in [0, 0.1) is 0 Å². The monoisotopic (exact) mass is 399 g/mol. The predicted molar refractivity (Wildman–Crippen MR) is 107 cm³/mol. The third-order valence-corrected chi connectivity index (χ3v) is 3.68. The lowest BCUT2D eigenvalue weighted by Crippen LogP contribution is -2.19. The van der Waals surface area contributed by atoms with E-state index < -0.39 is 0 Å². The molecule has 0 saturated heterocycles. The van der Waals surface area contributed by atoms with Gasteiger partial charge in [-0.3, -0.25) is 4.79 Å².